The normalized spacial score (nSPS) is 10.5. The van der Waals surface area contributed by atoms with Crippen LogP contribution in [0.4, 0.5) is 0 Å². The van der Waals surface area contributed by atoms with Gasteiger partial charge < -0.3 is 9.47 Å². The SMILES string of the molecule is CCc1ccc(-c2nnn(CC(=O)OCC(=O)c3ccc(OC)cc3)n2)cc1. The second-order valence-corrected chi connectivity index (χ2v) is 6.01. The number of benzene rings is 2. The Balaban J connectivity index is 1.53. The van der Waals surface area contributed by atoms with Gasteiger partial charge in [-0.25, -0.2) is 4.79 Å². The first-order valence-corrected chi connectivity index (χ1v) is 8.79. The summed E-state index contributed by atoms with van der Waals surface area (Å²) in [6.07, 6.45) is 0.946. The lowest BCUT2D eigenvalue weighted by Gasteiger charge is -2.05. The third kappa shape index (κ3) is 4.79. The van der Waals surface area contributed by atoms with Gasteiger partial charge in [0.15, 0.2) is 18.9 Å². The molecule has 1 aromatic heterocycles. The van der Waals surface area contributed by atoms with Crippen LogP contribution in [0.5, 0.6) is 5.75 Å². The second-order valence-electron chi connectivity index (χ2n) is 6.01. The summed E-state index contributed by atoms with van der Waals surface area (Å²) < 4.78 is 10.1. The maximum absolute atomic E-state index is 12.1. The van der Waals surface area contributed by atoms with Gasteiger partial charge in [0.1, 0.15) is 5.75 Å². The molecule has 0 aliphatic rings. The Morgan fingerprint density at radius 3 is 2.39 bits per heavy atom. The summed E-state index contributed by atoms with van der Waals surface area (Å²) in [5.74, 6) is 0.141. The van der Waals surface area contributed by atoms with E-state index in [1.165, 1.54) is 5.56 Å². The molecule has 0 unspecified atom stereocenters. The van der Waals surface area contributed by atoms with Crippen LogP contribution in [0.1, 0.15) is 22.8 Å². The van der Waals surface area contributed by atoms with Crippen molar-refractivity contribution in [3.63, 3.8) is 0 Å². The zero-order valence-corrected chi connectivity index (χ0v) is 15.7. The van der Waals surface area contributed by atoms with Gasteiger partial charge in [0, 0.05) is 11.1 Å². The number of ether oxygens (including phenoxy) is 2. The molecule has 0 saturated carbocycles. The van der Waals surface area contributed by atoms with Gasteiger partial charge in [-0.3, -0.25) is 4.79 Å². The van der Waals surface area contributed by atoms with Crippen LogP contribution in [0, 0.1) is 0 Å². The Bertz CT molecular complexity index is 949. The molecule has 144 valence electrons. The van der Waals surface area contributed by atoms with Crippen LogP contribution < -0.4 is 4.74 Å². The van der Waals surface area contributed by atoms with E-state index in [2.05, 4.69) is 22.3 Å². The maximum atomic E-state index is 12.1. The second kappa shape index (κ2) is 8.90. The fourth-order valence-electron chi connectivity index (χ4n) is 2.48. The maximum Gasteiger partial charge on any atom is 0.330 e. The van der Waals surface area contributed by atoms with Gasteiger partial charge in [0.05, 0.1) is 7.11 Å². The Hall–Kier alpha value is -3.55. The zero-order valence-electron chi connectivity index (χ0n) is 15.7. The first kappa shape index (κ1) is 19.2. The van der Waals surface area contributed by atoms with E-state index in [1.54, 1.807) is 31.4 Å². The van der Waals surface area contributed by atoms with E-state index in [9.17, 15) is 9.59 Å². The molecule has 0 fully saturated rings. The number of hydrogen-bond acceptors (Lipinski definition) is 7. The molecule has 0 aliphatic heterocycles. The van der Waals surface area contributed by atoms with Crippen LogP contribution >= 0.6 is 0 Å². The summed E-state index contributed by atoms with van der Waals surface area (Å²) in [6, 6.07) is 14.4. The van der Waals surface area contributed by atoms with Crippen LogP contribution in [0.3, 0.4) is 0 Å². The molecule has 0 radical (unpaired) electrons. The molecule has 0 bridgehead atoms. The lowest BCUT2D eigenvalue weighted by atomic mass is 10.1. The van der Waals surface area contributed by atoms with Crippen LogP contribution in [0.25, 0.3) is 11.4 Å². The molecule has 8 nitrogen and oxygen atoms in total. The standard InChI is InChI=1S/C20H20N4O4/c1-3-14-4-6-16(7-5-14)20-21-23-24(22-20)12-19(26)28-13-18(25)15-8-10-17(27-2)11-9-15/h4-11H,3,12-13H2,1-2H3. The first-order chi connectivity index (χ1) is 13.6. The van der Waals surface area contributed by atoms with Crippen LogP contribution in [0.15, 0.2) is 48.5 Å². The van der Waals surface area contributed by atoms with Crippen molar-refractivity contribution in [3.8, 4) is 17.1 Å². The minimum atomic E-state index is -0.618. The molecule has 8 heteroatoms. The molecule has 1 heterocycles. The third-order valence-corrected chi connectivity index (χ3v) is 4.12. The summed E-state index contributed by atoms with van der Waals surface area (Å²) in [6.45, 7) is 1.50. The van der Waals surface area contributed by atoms with Crippen molar-refractivity contribution >= 4 is 11.8 Å². The number of aryl methyl sites for hydroxylation is 1. The fraction of sp³-hybridized carbons (Fsp3) is 0.250. The predicted molar refractivity (Wildman–Crippen MR) is 101 cm³/mol. The third-order valence-electron chi connectivity index (χ3n) is 4.12. The molecule has 3 rings (SSSR count). The van der Waals surface area contributed by atoms with Crippen LogP contribution in [-0.2, 0) is 22.5 Å². The van der Waals surface area contributed by atoms with E-state index in [1.807, 2.05) is 24.3 Å². The van der Waals surface area contributed by atoms with Gasteiger partial charge in [-0.15, -0.1) is 10.2 Å². The van der Waals surface area contributed by atoms with E-state index in [-0.39, 0.29) is 18.9 Å². The molecule has 3 aromatic rings. The quantitative estimate of drug-likeness (QED) is 0.437. The average molecular weight is 380 g/mol. The highest BCUT2D eigenvalue weighted by Gasteiger charge is 2.13. The number of ketones is 1. The Kier molecular flexibility index (Phi) is 6.11. The largest absolute Gasteiger partial charge is 0.497 e. The van der Waals surface area contributed by atoms with Gasteiger partial charge in [-0.2, -0.15) is 4.80 Å². The molecular weight excluding hydrogens is 360 g/mol. The van der Waals surface area contributed by atoms with Crippen LogP contribution in [0.2, 0.25) is 0 Å². The van der Waals surface area contributed by atoms with Gasteiger partial charge in [0.25, 0.3) is 0 Å². The molecule has 28 heavy (non-hydrogen) atoms. The van der Waals surface area contributed by atoms with Crippen molar-refractivity contribution in [2.75, 3.05) is 13.7 Å². The molecule has 2 aromatic carbocycles. The summed E-state index contributed by atoms with van der Waals surface area (Å²) in [5, 5.41) is 12.0. The van der Waals surface area contributed by atoms with Gasteiger partial charge in [0.2, 0.25) is 5.82 Å². The number of esters is 1. The van der Waals surface area contributed by atoms with Crippen LogP contribution in [-0.4, -0.2) is 45.7 Å². The summed E-state index contributed by atoms with van der Waals surface area (Å²) in [7, 11) is 1.54. The van der Waals surface area contributed by atoms with E-state index < -0.39 is 5.97 Å². The number of carbonyl (C=O) groups excluding carboxylic acids is 2. The van der Waals surface area contributed by atoms with Gasteiger partial charge in [-0.05, 0) is 41.5 Å². The summed E-state index contributed by atoms with van der Waals surface area (Å²) in [4.78, 5) is 25.2. The van der Waals surface area contributed by atoms with E-state index >= 15 is 0 Å². The lowest BCUT2D eigenvalue weighted by molar-refractivity contribution is -0.143. The Morgan fingerprint density at radius 1 is 1.04 bits per heavy atom. The monoisotopic (exact) mass is 380 g/mol. The molecule has 0 amide bonds. The Labute approximate surface area is 162 Å². The van der Waals surface area contributed by atoms with Crippen molar-refractivity contribution < 1.29 is 19.1 Å². The Morgan fingerprint density at radius 2 is 1.75 bits per heavy atom. The molecule has 0 saturated heterocycles. The average Bonchev–Trinajstić information content (AvgIpc) is 3.20. The number of tetrazole rings is 1. The number of rotatable bonds is 8. The minimum absolute atomic E-state index is 0.226. The van der Waals surface area contributed by atoms with E-state index in [4.69, 9.17) is 9.47 Å². The van der Waals surface area contributed by atoms with Crippen molar-refractivity contribution in [3.05, 3.63) is 59.7 Å². The molecular formula is C20H20N4O4. The highest BCUT2D eigenvalue weighted by atomic mass is 16.5. The minimum Gasteiger partial charge on any atom is -0.497 e. The van der Waals surface area contributed by atoms with Crippen molar-refractivity contribution in [1.29, 1.82) is 0 Å². The number of carbonyl (C=O) groups is 2. The van der Waals surface area contributed by atoms with Gasteiger partial charge in [-0.1, -0.05) is 31.2 Å². The van der Waals surface area contributed by atoms with E-state index in [0.717, 1.165) is 16.8 Å². The number of methoxy groups -OCH3 is 1. The highest BCUT2D eigenvalue weighted by molar-refractivity contribution is 5.98. The number of nitrogens with zero attached hydrogens (tertiary/aromatic N) is 4. The molecule has 0 N–H and O–H groups in total. The number of hydrogen-bond donors (Lipinski definition) is 0. The number of aromatic nitrogens is 4. The first-order valence-electron chi connectivity index (χ1n) is 8.79. The molecule has 0 spiro atoms. The van der Waals surface area contributed by atoms with Gasteiger partial charge >= 0.3 is 5.97 Å². The topological polar surface area (TPSA) is 96.2 Å². The van der Waals surface area contributed by atoms with Crippen molar-refractivity contribution in [2.24, 2.45) is 0 Å². The fourth-order valence-corrected chi connectivity index (χ4v) is 2.48. The zero-order chi connectivity index (χ0) is 19.9. The summed E-state index contributed by atoms with van der Waals surface area (Å²) >= 11 is 0. The molecule has 0 atom stereocenters. The van der Waals surface area contributed by atoms with Crippen molar-refractivity contribution in [1.82, 2.24) is 20.2 Å². The molecule has 0 aliphatic carbocycles. The lowest BCUT2D eigenvalue weighted by Crippen LogP contribution is -2.19. The summed E-state index contributed by atoms with van der Waals surface area (Å²) in [5.41, 5.74) is 2.46. The van der Waals surface area contributed by atoms with E-state index in [0.29, 0.717) is 17.1 Å². The predicted octanol–water partition coefficient (Wildman–Crippen LogP) is 2.34. The number of Topliss-reactive ketones (excluding diaryl/α,β-unsaturated/α-hetero) is 1. The highest BCUT2D eigenvalue weighted by Crippen LogP contribution is 2.15. The smallest absolute Gasteiger partial charge is 0.330 e. The van der Waals surface area contributed by atoms with Crippen molar-refractivity contribution in [2.45, 2.75) is 19.9 Å².